The summed E-state index contributed by atoms with van der Waals surface area (Å²) in [5, 5.41) is 3.22. The van der Waals surface area contributed by atoms with Crippen LogP contribution in [-0.4, -0.2) is 18.3 Å². The second-order valence-corrected chi connectivity index (χ2v) is 3.86. The first kappa shape index (κ1) is 10.7. The third-order valence-electron chi connectivity index (χ3n) is 2.56. The average molecular weight is 217 g/mol. The molecular formula is C12H15N3O. The molecule has 16 heavy (non-hydrogen) atoms. The van der Waals surface area contributed by atoms with E-state index in [9.17, 15) is 4.79 Å². The minimum atomic E-state index is -0.408. The Bertz CT molecular complexity index is 426. The van der Waals surface area contributed by atoms with Crippen LogP contribution in [0.3, 0.4) is 0 Å². The Morgan fingerprint density at radius 1 is 1.38 bits per heavy atom. The Hall–Kier alpha value is -1.84. The van der Waals surface area contributed by atoms with E-state index in [0.717, 1.165) is 30.9 Å². The molecule has 3 N–H and O–H groups in total. The van der Waals surface area contributed by atoms with Gasteiger partial charge in [0.1, 0.15) is 5.84 Å². The summed E-state index contributed by atoms with van der Waals surface area (Å²) in [7, 11) is 0. The van der Waals surface area contributed by atoms with Gasteiger partial charge in [0.25, 0.3) is 0 Å². The van der Waals surface area contributed by atoms with E-state index in [2.05, 4.69) is 10.3 Å². The molecule has 1 heterocycles. The minimum absolute atomic E-state index is 0.408. The molecular weight excluding hydrogens is 202 g/mol. The number of hydrogen-bond donors (Lipinski definition) is 2. The van der Waals surface area contributed by atoms with E-state index >= 15 is 0 Å². The van der Waals surface area contributed by atoms with Gasteiger partial charge in [-0.25, -0.2) is 0 Å². The average Bonchev–Trinajstić information content (AvgIpc) is 2.30. The van der Waals surface area contributed by atoms with E-state index < -0.39 is 5.91 Å². The van der Waals surface area contributed by atoms with Crippen molar-refractivity contribution in [3.63, 3.8) is 0 Å². The summed E-state index contributed by atoms with van der Waals surface area (Å²) in [6.45, 7) is 0.887. The molecule has 0 aromatic heterocycles. The second kappa shape index (κ2) is 4.79. The summed E-state index contributed by atoms with van der Waals surface area (Å²) >= 11 is 0. The highest BCUT2D eigenvalue weighted by Crippen LogP contribution is 2.13. The fraction of sp³-hybridized carbons (Fsp3) is 0.333. The predicted octanol–water partition coefficient (Wildman–Crippen LogP) is 1.78. The molecule has 1 aromatic carbocycles. The van der Waals surface area contributed by atoms with E-state index in [1.165, 1.54) is 6.42 Å². The van der Waals surface area contributed by atoms with Gasteiger partial charge in [0.2, 0.25) is 5.91 Å². The number of primary amides is 1. The number of amidine groups is 1. The summed E-state index contributed by atoms with van der Waals surface area (Å²) in [4.78, 5) is 15.4. The van der Waals surface area contributed by atoms with E-state index in [1.54, 1.807) is 12.1 Å². The molecule has 0 atom stereocenters. The minimum Gasteiger partial charge on any atom is -0.366 e. The zero-order chi connectivity index (χ0) is 11.4. The third-order valence-corrected chi connectivity index (χ3v) is 2.56. The topological polar surface area (TPSA) is 67.5 Å². The summed E-state index contributed by atoms with van der Waals surface area (Å²) in [6.07, 6.45) is 3.30. The maximum Gasteiger partial charge on any atom is 0.248 e. The molecule has 0 spiro atoms. The lowest BCUT2D eigenvalue weighted by atomic mass is 10.1. The first-order valence-corrected chi connectivity index (χ1v) is 5.46. The Labute approximate surface area is 94.6 Å². The number of amides is 1. The first-order chi connectivity index (χ1) is 7.75. The first-order valence-electron chi connectivity index (χ1n) is 5.46. The number of nitrogens with two attached hydrogens (primary N) is 1. The highest BCUT2D eigenvalue weighted by atomic mass is 16.1. The van der Waals surface area contributed by atoms with Crippen LogP contribution in [0.1, 0.15) is 29.6 Å². The number of anilines is 1. The fourth-order valence-electron chi connectivity index (χ4n) is 1.72. The number of carbonyl (C=O) groups is 1. The second-order valence-electron chi connectivity index (χ2n) is 3.86. The molecule has 0 saturated carbocycles. The van der Waals surface area contributed by atoms with Gasteiger partial charge in [-0.3, -0.25) is 9.79 Å². The van der Waals surface area contributed by atoms with Crippen molar-refractivity contribution >= 4 is 17.4 Å². The molecule has 1 amide bonds. The fourth-order valence-corrected chi connectivity index (χ4v) is 1.72. The Morgan fingerprint density at radius 2 is 2.25 bits per heavy atom. The molecule has 0 radical (unpaired) electrons. The van der Waals surface area contributed by atoms with Crippen molar-refractivity contribution in [3.05, 3.63) is 29.8 Å². The molecule has 0 unspecified atom stereocenters. The molecule has 0 aliphatic carbocycles. The standard InChI is InChI=1S/C12H15N3O/c13-12(16)9-4-3-5-10(8-9)15-11-6-1-2-7-14-11/h3-5,8H,1-2,6-7H2,(H2,13,16)(H,14,15). The van der Waals surface area contributed by atoms with Crippen LogP contribution in [0.25, 0.3) is 0 Å². The predicted molar refractivity (Wildman–Crippen MR) is 64.7 cm³/mol. The number of aliphatic imine (C=N–C) groups is 1. The summed E-state index contributed by atoms with van der Waals surface area (Å²) < 4.78 is 0. The smallest absolute Gasteiger partial charge is 0.248 e. The number of nitrogens with one attached hydrogen (secondary N) is 1. The summed E-state index contributed by atoms with van der Waals surface area (Å²) in [5.41, 5.74) is 6.61. The maximum atomic E-state index is 11.0. The van der Waals surface area contributed by atoms with Gasteiger partial charge in [-0.1, -0.05) is 6.07 Å². The number of rotatable bonds is 2. The van der Waals surface area contributed by atoms with Crippen LogP contribution >= 0.6 is 0 Å². The summed E-state index contributed by atoms with van der Waals surface area (Å²) in [6, 6.07) is 7.17. The van der Waals surface area contributed by atoms with Crippen molar-refractivity contribution in [3.8, 4) is 0 Å². The van der Waals surface area contributed by atoms with Crippen LogP contribution in [0, 0.1) is 0 Å². The zero-order valence-electron chi connectivity index (χ0n) is 9.07. The third kappa shape index (κ3) is 2.59. The van der Waals surface area contributed by atoms with Gasteiger partial charge in [0, 0.05) is 24.2 Å². The van der Waals surface area contributed by atoms with Gasteiger partial charge in [0.05, 0.1) is 0 Å². The number of benzene rings is 1. The van der Waals surface area contributed by atoms with Crippen LogP contribution in [0.2, 0.25) is 0 Å². The monoisotopic (exact) mass is 217 g/mol. The van der Waals surface area contributed by atoms with Crippen molar-refractivity contribution in [1.29, 1.82) is 0 Å². The van der Waals surface area contributed by atoms with Gasteiger partial charge in [-0.05, 0) is 31.0 Å². The van der Waals surface area contributed by atoms with Gasteiger partial charge < -0.3 is 11.1 Å². The zero-order valence-corrected chi connectivity index (χ0v) is 9.07. The van der Waals surface area contributed by atoms with Crippen molar-refractivity contribution in [2.75, 3.05) is 11.9 Å². The van der Waals surface area contributed by atoms with E-state index in [0.29, 0.717) is 5.56 Å². The van der Waals surface area contributed by atoms with Crippen molar-refractivity contribution < 1.29 is 4.79 Å². The molecule has 2 rings (SSSR count). The lowest BCUT2D eigenvalue weighted by Crippen LogP contribution is -2.17. The van der Waals surface area contributed by atoms with E-state index in [-0.39, 0.29) is 0 Å². The van der Waals surface area contributed by atoms with Crippen molar-refractivity contribution in [2.24, 2.45) is 10.7 Å². The van der Waals surface area contributed by atoms with Crippen molar-refractivity contribution in [1.82, 2.24) is 0 Å². The molecule has 0 fully saturated rings. The number of carbonyl (C=O) groups excluding carboxylic acids is 1. The normalized spacial score (nSPS) is 15.4. The van der Waals surface area contributed by atoms with E-state index in [1.807, 2.05) is 12.1 Å². The molecule has 1 aliphatic heterocycles. The Kier molecular flexibility index (Phi) is 3.19. The molecule has 0 bridgehead atoms. The maximum absolute atomic E-state index is 11.0. The van der Waals surface area contributed by atoms with Gasteiger partial charge in [0.15, 0.2) is 0 Å². The van der Waals surface area contributed by atoms with Crippen LogP contribution < -0.4 is 11.1 Å². The Morgan fingerprint density at radius 3 is 2.94 bits per heavy atom. The molecule has 1 aliphatic rings. The number of hydrogen-bond acceptors (Lipinski definition) is 3. The molecule has 4 heteroatoms. The van der Waals surface area contributed by atoms with E-state index in [4.69, 9.17) is 5.73 Å². The summed E-state index contributed by atoms with van der Waals surface area (Å²) in [5.74, 6) is 0.585. The molecule has 1 aromatic rings. The van der Waals surface area contributed by atoms with Crippen LogP contribution in [0.4, 0.5) is 5.69 Å². The van der Waals surface area contributed by atoms with Gasteiger partial charge in [-0.15, -0.1) is 0 Å². The molecule has 84 valence electrons. The lowest BCUT2D eigenvalue weighted by molar-refractivity contribution is 0.100. The van der Waals surface area contributed by atoms with Crippen LogP contribution in [-0.2, 0) is 0 Å². The van der Waals surface area contributed by atoms with Gasteiger partial charge in [-0.2, -0.15) is 0 Å². The number of nitrogens with zero attached hydrogens (tertiary/aromatic N) is 1. The molecule has 0 saturated heterocycles. The lowest BCUT2D eigenvalue weighted by Gasteiger charge is -2.14. The Balaban J connectivity index is 2.12. The highest BCUT2D eigenvalue weighted by Gasteiger charge is 2.06. The molecule has 4 nitrogen and oxygen atoms in total. The van der Waals surface area contributed by atoms with Crippen LogP contribution in [0.15, 0.2) is 29.3 Å². The largest absolute Gasteiger partial charge is 0.366 e. The SMILES string of the molecule is NC(=O)c1cccc(NC2=NCCCC2)c1. The van der Waals surface area contributed by atoms with Crippen molar-refractivity contribution in [2.45, 2.75) is 19.3 Å². The quantitative estimate of drug-likeness (QED) is 0.792. The van der Waals surface area contributed by atoms with Gasteiger partial charge >= 0.3 is 0 Å². The highest BCUT2D eigenvalue weighted by molar-refractivity contribution is 5.98. The van der Waals surface area contributed by atoms with Crippen LogP contribution in [0.5, 0.6) is 0 Å².